The van der Waals surface area contributed by atoms with Crippen LogP contribution in [0.1, 0.15) is 11.1 Å². The van der Waals surface area contributed by atoms with Gasteiger partial charge in [0.2, 0.25) is 0 Å². The predicted octanol–water partition coefficient (Wildman–Crippen LogP) is 1.39. The van der Waals surface area contributed by atoms with Gasteiger partial charge in [-0.05, 0) is 38.7 Å². The molecule has 0 saturated carbocycles. The molecule has 0 aromatic heterocycles. The lowest BCUT2D eigenvalue weighted by Gasteiger charge is -2.11. The summed E-state index contributed by atoms with van der Waals surface area (Å²) in [6, 6.07) is 5.35. The summed E-state index contributed by atoms with van der Waals surface area (Å²) in [5.74, 6) is -0.135. The standard InChI is InChI=1S/C11H17FN2/c1-14(2)8-10-4-3-9(5-6-13)7-11(10)12/h3-4,7H,5-6,8,13H2,1-2H3. The highest BCUT2D eigenvalue weighted by Crippen LogP contribution is 2.12. The molecule has 1 rings (SSSR count). The topological polar surface area (TPSA) is 29.3 Å². The molecule has 0 aliphatic heterocycles. The van der Waals surface area contributed by atoms with Gasteiger partial charge in [0.05, 0.1) is 0 Å². The van der Waals surface area contributed by atoms with Crippen molar-refractivity contribution in [3.8, 4) is 0 Å². The van der Waals surface area contributed by atoms with E-state index in [4.69, 9.17) is 5.73 Å². The SMILES string of the molecule is CN(C)Cc1ccc(CCN)cc1F. The Morgan fingerprint density at radius 3 is 2.57 bits per heavy atom. The summed E-state index contributed by atoms with van der Waals surface area (Å²) in [6.45, 7) is 1.20. The predicted molar refractivity (Wildman–Crippen MR) is 56.5 cm³/mol. The second-order valence-electron chi connectivity index (χ2n) is 3.70. The highest BCUT2D eigenvalue weighted by Gasteiger charge is 2.03. The molecule has 0 atom stereocenters. The Labute approximate surface area is 84.5 Å². The number of nitrogens with zero attached hydrogens (tertiary/aromatic N) is 1. The molecule has 0 bridgehead atoms. The van der Waals surface area contributed by atoms with Gasteiger partial charge in [0, 0.05) is 12.1 Å². The Hall–Kier alpha value is -0.930. The van der Waals surface area contributed by atoms with Gasteiger partial charge in [0.15, 0.2) is 0 Å². The summed E-state index contributed by atoms with van der Waals surface area (Å²) in [6.07, 6.45) is 0.735. The first kappa shape index (κ1) is 11.1. The number of nitrogens with two attached hydrogens (primary N) is 1. The summed E-state index contributed by atoms with van der Waals surface area (Å²) in [7, 11) is 3.85. The number of hydrogen-bond acceptors (Lipinski definition) is 2. The van der Waals surface area contributed by atoms with Crippen molar-refractivity contribution in [1.82, 2.24) is 4.90 Å². The van der Waals surface area contributed by atoms with E-state index in [0.29, 0.717) is 13.1 Å². The van der Waals surface area contributed by atoms with Crippen LogP contribution in [0.15, 0.2) is 18.2 Å². The van der Waals surface area contributed by atoms with Crippen molar-refractivity contribution in [2.45, 2.75) is 13.0 Å². The quantitative estimate of drug-likeness (QED) is 0.788. The maximum Gasteiger partial charge on any atom is 0.127 e. The van der Waals surface area contributed by atoms with Crippen LogP contribution >= 0.6 is 0 Å². The largest absolute Gasteiger partial charge is 0.330 e. The van der Waals surface area contributed by atoms with Gasteiger partial charge < -0.3 is 10.6 Å². The number of hydrogen-bond donors (Lipinski definition) is 1. The van der Waals surface area contributed by atoms with E-state index in [1.54, 1.807) is 6.07 Å². The molecule has 3 heteroatoms. The van der Waals surface area contributed by atoms with E-state index in [1.165, 1.54) is 0 Å². The van der Waals surface area contributed by atoms with Crippen molar-refractivity contribution < 1.29 is 4.39 Å². The van der Waals surface area contributed by atoms with E-state index in [9.17, 15) is 4.39 Å². The number of benzene rings is 1. The molecular weight excluding hydrogens is 179 g/mol. The normalized spacial score (nSPS) is 10.9. The maximum absolute atomic E-state index is 13.5. The highest BCUT2D eigenvalue weighted by molar-refractivity contribution is 5.24. The fourth-order valence-corrected chi connectivity index (χ4v) is 1.38. The summed E-state index contributed by atoms with van der Waals surface area (Å²) in [5.41, 5.74) is 7.10. The molecule has 0 unspecified atom stereocenters. The monoisotopic (exact) mass is 196 g/mol. The summed E-state index contributed by atoms with van der Waals surface area (Å²) in [4.78, 5) is 1.95. The first-order chi connectivity index (χ1) is 6.63. The molecule has 1 aromatic carbocycles. The van der Waals surface area contributed by atoms with Gasteiger partial charge in [-0.25, -0.2) is 4.39 Å². The molecule has 78 valence electrons. The molecule has 0 heterocycles. The minimum Gasteiger partial charge on any atom is -0.330 e. The molecular formula is C11H17FN2. The molecule has 14 heavy (non-hydrogen) atoms. The third-order valence-electron chi connectivity index (χ3n) is 2.04. The van der Waals surface area contributed by atoms with E-state index in [0.717, 1.165) is 17.5 Å². The minimum atomic E-state index is -0.135. The second-order valence-corrected chi connectivity index (χ2v) is 3.70. The Balaban J connectivity index is 2.79. The van der Waals surface area contributed by atoms with Gasteiger partial charge in [-0.1, -0.05) is 12.1 Å². The van der Waals surface area contributed by atoms with Crippen molar-refractivity contribution in [2.24, 2.45) is 5.73 Å². The molecule has 0 spiro atoms. The van der Waals surface area contributed by atoms with Gasteiger partial charge >= 0.3 is 0 Å². The molecule has 0 saturated heterocycles. The molecule has 2 N–H and O–H groups in total. The van der Waals surface area contributed by atoms with E-state index in [2.05, 4.69) is 0 Å². The fraction of sp³-hybridized carbons (Fsp3) is 0.455. The van der Waals surface area contributed by atoms with Gasteiger partial charge in [0.1, 0.15) is 5.82 Å². The van der Waals surface area contributed by atoms with Crippen LogP contribution < -0.4 is 5.73 Å². The smallest absolute Gasteiger partial charge is 0.127 e. The molecule has 0 aliphatic rings. The van der Waals surface area contributed by atoms with Gasteiger partial charge in [0.25, 0.3) is 0 Å². The fourth-order valence-electron chi connectivity index (χ4n) is 1.38. The van der Waals surface area contributed by atoms with E-state index in [-0.39, 0.29) is 5.82 Å². The lowest BCUT2D eigenvalue weighted by Crippen LogP contribution is -2.12. The van der Waals surface area contributed by atoms with Crippen molar-refractivity contribution in [3.05, 3.63) is 35.1 Å². The van der Waals surface area contributed by atoms with Crippen LogP contribution in [0.3, 0.4) is 0 Å². The molecule has 0 amide bonds. The van der Waals surface area contributed by atoms with Crippen LogP contribution in [0, 0.1) is 5.82 Å². The first-order valence-corrected chi connectivity index (χ1v) is 4.75. The minimum absolute atomic E-state index is 0.135. The second kappa shape index (κ2) is 5.08. The number of halogens is 1. The van der Waals surface area contributed by atoms with Gasteiger partial charge in [-0.2, -0.15) is 0 Å². The van der Waals surface area contributed by atoms with E-state index in [1.807, 2.05) is 31.1 Å². The van der Waals surface area contributed by atoms with Crippen LogP contribution in [-0.4, -0.2) is 25.5 Å². The zero-order chi connectivity index (χ0) is 10.6. The van der Waals surface area contributed by atoms with Crippen LogP contribution in [-0.2, 0) is 13.0 Å². The van der Waals surface area contributed by atoms with Crippen molar-refractivity contribution >= 4 is 0 Å². The van der Waals surface area contributed by atoms with Crippen LogP contribution in [0.2, 0.25) is 0 Å². The number of rotatable bonds is 4. The van der Waals surface area contributed by atoms with Gasteiger partial charge in [-0.3, -0.25) is 0 Å². The average molecular weight is 196 g/mol. The lowest BCUT2D eigenvalue weighted by molar-refractivity contribution is 0.392. The maximum atomic E-state index is 13.5. The van der Waals surface area contributed by atoms with Crippen LogP contribution in [0.4, 0.5) is 4.39 Å². The van der Waals surface area contributed by atoms with Crippen molar-refractivity contribution in [3.63, 3.8) is 0 Å². The zero-order valence-corrected chi connectivity index (χ0v) is 8.76. The Morgan fingerprint density at radius 1 is 1.36 bits per heavy atom. The van der Waals surface area contributed by atoms with E-state index < -0.39 is 0 Å². The van der Waals surface area contributed by atoms with Gasteiger partial charge in [-0.15, -0.1) is 0 Å². The molecule has 0 radical (unpaired) electrons. The Morgan fingerprint density at radius 2 is 2.07 bits per heavy atom. The van der Waals surface area contributed by atoms with E-state index >= 15 is 0 Å². The van der Waals surface area contributed by atoms with Crippen molar-refractivity contribution in [2.75, 3.05) is 20.6 Å². The summed E-state index contributed by atoms with van der Waals surface area (Å²) < 4.78 is 13.5. The average Bonchev–Trinajstić information content (AvgIpc) is 2.10. The Kier molecular flexibility index (Phi) is 4.04. The first-order valence-electron chi connectivity index (χ1n) is 4.75. The Bertz CT molecular complexity index is 297. The summed E-state index contributed by atoms with van der Waals surface area (Å²) in [5, 5.41) is 0. The molecule has 1 aromatic rings. The zero-order valence-electron chi connectivity index (χ0n) is 8.76. The van der Waals surface area contributed by atoms with Crippen molar-refractivity contribution in [1.29, 1.82) is 0 Å². The third kappa shape index (κ3) is 3.09. The molecule has 2 nitrogen and oxygen atoms in total. The molecule has 0 fully saturated rings. The highest BCUT2D eigenvalue weighted by atomic mass is 19.1. The van der Waals surface area contributed by atoms with Crippen LogP contribution in [0.25, 0.3) is 0 Å². The van der Waals surface area contributed by atoms with Crippen LogP contribution in [0.5, 0.6) is 0 Å². The third-order valence-corrected chi connectivity index (χ3v) is 2.04. The molecule has 0 aliphatic carbocycles. The summed E-state index contributed by atoms with van der Waals surface area (Å²) >= 11 is 0. The lowest BCUT2D eigenvalue weighted by atomic mass is 10.1.